The third-order valence-corrected chi connectivity index (χ3v) is 1.82. The van der Waals surface area contributed by atoms with Crippen molar-refractivity contribution in [2.45, 2.75) is 33.1 Å². The van der Waals surface area contributed by atoms with E-state index in [-0.39, 0.29) is 0 Å². The van der Waals surface area contributed by atoms with Crippen LogP contribution in [0.5, 0.6) is 0 Å². The molecule has 2 heterocycles. The van der Waals surface area contributed by atoms with E-state index in [4.69, 9.17) is 9.26 Å². The molecule has 0 saturated carbocycles. The fourth-order valence-electron chi connectivity index (χ4n) is 1.21. The van der Waals surface area contributed by atoms with Gasteiger partial charge in [0.05, 0.1) is 12.5 Å². The van der Waals surface area contributed by atoms with Crippen LogP contribution in [-0.2, 0) is 4.74 Å². The highest BCUT2D eigenvalue weighted by molar-refractivity contribution is 4.94. The van der Waals surface area contributed by atoms with Crippen molar-refractivity contribution in [2.75, 3.05) is 13.2 Å². The summed E-state index contributed by atoms with van der Waals surface area (Å²) in [6.07, 6.45) is 1.00. The van der Waals surface area contributed by atoms with Crippen molar-refractivity contribution in [3.05, 3.63) is 11.7 Å². The highest BCUT2D eigenvalue weighted by atomic mass is 16.5. The number of hydrogen-bond donors (Lipinski definition) is 0. The number of ether oxygens (including phenoxy) is 1. The highest BCUT2D eigenvalue weighted by Crippen LogP contribution is 2.22. The zero-order valence-corrected chi connectivity index (χ0v) is 8.41. The Labute approximate surface area is 78.3 Å². The average molecular weight is 184 g/mol. The number of aryl methyl sites for hydroxylation is 1. The van der Waals surface area contributed by atoms with Crippen molar-refractivity contribution in [1.82, 2.24) is 10.1 Å². The van der Waals surface area contributed by atoms with E-state index in [1.165, 1.54) is 0 Å². The molecule has 4 heteroatoms. The first-order valence-electron chi connectivity index (χ1n) is 4.74. The van der Waals surface area contributed by atoms with E-state index in [0.29, 0.717) is 11.7 Å². The van der Waals surface area contributed by atoms with E-state index in [0.717, 1.165) is 25.5 Å². The Bertz CT molecular complexity index is 242. The van der Waals surface area contributed by atoms with Crippen LogP contribution in [-0.4, -0.2) is 23.4 Å². The topological polar surface area (TPSA) is 48.2 Å². The van der Waals surface area contributed by atoms with Crippen LogP contribution in [0.15, 0.2) is 4.52 Å². The molecule has 0 amide bonds. The second kappa shape index (κ2) is 4.97. The summed E-state index contributed by atoms with van der Waals surface area (Å²) in [5.74, 6) is 1.75. The van der Waals surface area contributed by atoms with Gasteiger partial charge in [0.15, 0.2) is 5.82 Å². The number of nitrogens with zero attached hydrogens (tertiary/aromatic N) is 2. The van der Waals surface area contributed by atoms with E-state index in [2.05, 4.69) is 10.1 Å². The van der Waals surface area contributed by atoms with Crippen molar-refractivity contribution in [3.8, 4) is 0 Å². The molecule has 0 aromatic carbocycles. The molecule has 1 aliphatic heterocycles. The Morgan fingerprint density at radius 3 is 2.62 bits per heavy atom. The standard InChI is InChI=1S/C7H10N2O2.C2H6/c1-5-8-7(11-9-5)6-2-3-10-4-6;1-2/h6H,2-4H2,1H3;1-2H3. The first-order chi connectivity index (χ1) is 6.36. The van der Waals surface area contributed by atoms with E-state index in [9.17, 15) is 0 Å². The van der Waals surface area contributed by atoms with Gasteiger partial charge < -0.3 is 9.26 Å². The minimum Gasteiger partial charge on any atom is -0.381 e. The SMILES string of the molecule is CC.Cc1noc(C2CCOC2)n1. The number of aromatic nitrogens is 2. The smallest absolute Gasteiger partial charge is 0.232 e. The fraction of sp³-hybridized carbons (Fsp3) is 0.778. The normalized spacial score (nSPS) is 21.0. The van der Waals surface area contributed by atoms with Crippen LogP contribution >= 0.6 is 0 Å². The van der Waals surface area contributed by atoms with Crippen LogP contribution < -0.4 is 0 Å². The zero-order valence-electron chi connectivity index (χ0n) is 8.41. The van der Waals surface area contributed by atoms with Crippen LogP contribution in [0.3, 0.4) is 0 Å². The van der Waals surface area contributed by atoms with Gasteiger partial charge in [-0.2, -0.15) is 4.98 Å². The molecule has 74 valence electrons. The van der Waals surface area contributed by atoms with Crippen molar-refractivity contribution in [3.63, 3.8) is 0 Å². The van der Waals surface area contributed by atoms with E-state index >= 15 is 0 Å². The molecular formula is C9H16N2O2. The lowest BCUT2D eigenvalue weighted by molar-refractivity contribution is 0.189. The minimum atomic E-state index is 0.330. The van der Waals surface area contributed by atoms with Crippen LogP contribution in [0.4, 0.5) is 0 Å². The monoisotopic (exact) mass is 184 g/mol. The lowest BCUT2D eigenvalue weighted by atomic mass is 10.1. The second-order valence-corrected chi connectivity index (χ2v) is 2.74. The van der Waals surface area contributed by atoms with Crippen molar-refractivity contribution in [2.24, 2.45) is 0 Å². The maximum Gasteiger partial charge on any atom is 0.232 e. The van der Waals surface area contributed by atoms with Gasteiger partial charge in [0, 0.05) is 6.61 Å². The summed E-state index contributed by atoms with van der Waals surface area (Å²) in [5, 5.41) is 3.72. The van der Waals surface area contributed by atoms with Gasteiger partial charge in [0.1, 0.15) is 0 Å². The predicted octanol–water partition coefficient (Wildman–Crippen LogP) is 1.91. The van der Waals surface area contributed by atoms with E-state index in [1.54, 1.807) is 0 Å². The number of hydrogen-bond acceptors (Lipinski definition) is 4. The average Bonchev–Trinajstić information content (AvgIpc) is 2.77. The van der Waals surface area contributed by atoms with Gasteiger partial charge in [-0.3, -0.25) is 0 Å². The lowest BCUT2D eigenvalue weighted by Crippen LogP contribution is -1.97. The van der Waals surface area contributed by atoms with Crippen LogP contribution in [0.1, 0.15) is 37.9 Å². The molecular weight excluding hydrogens is 168 g/mol. The molecule has 4 nitrogen and oxygen atoms in total. The zero-order chi connectivity index (χ0) is 9.68. The van der Waals surface area contributed by atoms with Crippen LogP contribution in [0, 0.1) is 6.92 Å². The molecule has 0 bridgehead atoms. The molecule has 0 N–H and O–H groups in total. The summed E-state index contributed by atoms with van der Waals surface area (Å²) in [6.45, 7) is 7.36. The molecule has 2 rings (SSSR count). The van der Waals surface area contributed by atoms with Crippen LogP contribution in [0.25, 0.3) is 0 Å². The maximum absolute atomic E-state index is 5.19. The molecule has 1 aromatic heterocycles. The van der Waals surface area contributed by atoms with Gasteiger partial charge in [-0.15, -0.1) is 0 Å². The summed E-state index contributed by atoms with van der Waals surface area (Å²) >= 11 is 0. The van der Waals surface area contributed by atoms with Crippen molar-refractivity contribution in [1.29, 1.82) is 0 Å². The number of rotatable bonds is 1. The summed E-state index contributed by atoms with van der Waals surface area (Å²) in [6, 6.07) is 0. The van der Waals surface area contributed by atoms with Gasteiger partial charge in [0.2, 0.25) is 5.89 Å². The molecule has 1 aromatic rings. The van der Waals surface area contributed by atoms with Gasteiger partial charge in [-0.05, 0) is 13.3 Å². The molecule has 13 heavy (non-hydrogen) atoms. The van der Waals surface area contributed by atoms with Crippen molar-refractivity contribution >= 4 is 0 Å². The quantitative estimate of drug-likeness (QED) is 0.669. The molecule has 0 spiro atoms. The summed E-state index contributed by atoms with van der Waals surface area (Å²) in [5.41, 5.74) is 0. The van der Waals surface area contributed by atoms with Gasteiger partial charge in [0.25, 0.3) is 0 Å². The summed E-state index contributed by atoms with van der Waals surface area (Å²) in [4.78, 5) is 4.13. The molecule has 0 aliphatic carbocycles. The Morgan fingerprint density at radius 2 is 2.15 bits per heavy atom. The van der Waals surface area contributed by atoms with Gasteiger partial charge in [-0.25, -0.2) is 0 Å². The van der Waals surface area contributed by atoms with Gasteiger partial charge >= 0.3 is 0 Å². The molecule has 1 fully saturated rings. The first-order valence-corrected chi connectivity index (χ1v) is 4.74. The fourth-order valence-corrected chi connectivity index (χ4v) is 1.21. The van der Waals surface area contributed by atoms with Crippen molar-refractivity contribution < 1.29 is 9.26 Å². The lowest BCUT2D eigenvalue weighted by Gasteiger charge is -1.96. The largest absolute Gasteiger partial charge is 0.381 e. The molecule has 1 unspecified atom stereocenters. The maximum atomic E-state index is 5.19. The molecule has 1 atom stereocenters. The minimum absolute atomic E-state index is 0.330. The summed E-state index contributed by atoms with van der Waals surface area (Å²) < 4.78 is 10.2. The highest BCUT2D eigenvalue weighted by Gasteiger charge is 2.22. The molecule has 0 radical (unpaired) electrons. The Kier molecular flexibility index (Phi) is 3.89. The second-order valence-electron chi connectivity index (χ2n) is 2.74. The Morgan fingerprint density at radius 1 is 1.38 bits per heavy atom. The summed E-state index contributed by atoms with van der Waals surface area (Å²) in [7, 11) is 0. The van der Waals surface area contributed by atoms with E-state index < -0.39 is 0 Å². The van der Waals surface area contributed by atoms with Crippen LogP contribution in [0.2, 0.25) is 0 Å². The Hall–Kier alpha value is -0.900. The third kappa shape index (κ3) is 2.52. The molecule has 1 aliphatic rings. The predicted molar refractivity (Wildman–Crippen MR) is 48.6 cm³/mol. The van der Waals surface area contributed by atoms with Gasteiger partial charge in [-0.1, -0.05) is 19.0 Å². The third-order valence-electron chi connectivity index (χ3n) is 1.82. The first kappa shape index (κ1) is 10.2. The van der Waals surface area contributed by atoms with E-state index in [1.807, 2.05) is 20.8 Å². The molecule has 1 saturated heterocycles. The Balaban J connectivity index is 0.000000396.